The van der Waals surface area contributed by atoms with Crippen LogP contribution in [0.1, 0.15) is 41.4 Å². The van der Waals surface area contributed by atoms with Gasteiger partial charge in [-0.3, -0.25) is 4.90 Å². The summed E-state index contributed by atoms with van der Waals surface area (Å²) in [5.41, 5.74) is 4.32. The van der Waals surface area contributed by atoms with Crippen molar-refractivity contribution in [1.82, 2.24) is 9.80 Å². The smallest absolute Gasteiger partial charge is 0.0408 e. The lowest BCUT2D eigenvalue weighted by atomic mass is 9.86. The fourth-order valence-corrected chi connectivity index (χ4v) is 5.94. The number of likely N-dealkylation sites (tertiary alicyclic amines) is 2. The van der Waals surface area contributed by atoms with Gasteiger partial charge >= 0.3 is 0 Å². The molecule has 2 atom stereocenters. The molecule has 2 fully saturated rings. The predicted octanol–water partition coefficient (Wildman–Crippen LogP) is 6.44. The molecule has 3 aromatic carbocycles. The molecule has 0 bridgehead atoms. The lowest BCUT2D eigenvalue weighted by Crippen LogP contribution is -2.38. The van der Waals surface area contributed by atoms with Crippen LogP contribution in [0.4, 0.5) is 0 Å². The standard InChI is InChI=1S/C29H33ClN2/c30-28-13-7-12-26(18-28)29-22-32(19-23-8-3-1-4-9-23)21-27(29)20-31-16-14-25(15-17-31)24-10-5-2-6-11-24/h1-13,18,25,27,29H,14-17,19-22H2/t27-,29+/m0/s1. The molecule has 0 saturated carbocycles. The maximum absolute atomic E-state index is 6.38. The second-order valence-corrected chi connectivity index (χ2v) is 10.0. The summed E-state index contributed by atoms with van der Waals surface area (Å²) in [5.74, 6) is 1.91. The minimum Gasteiger partial charge on any atom is -0.303 e. The van der Waals surface area contributed by atoms with E-state index in [-0.39, 0.29) is 0 Å². The van der Waals surface area contributed by atoms with E-state index in [0.717, 1.165) is 24.7 Å². The van der Waals surface area contributed by atoms with Gasteiger partial charge in [-0.2, -0.15) is 0 Å². The van der Waals surface area contributed by atoms with Crippen molar-refractivity contribution in [3.63, 3.8) is 0 Å². The zero-order valence-electron chi connectivity index (χ0n) is 18.7. The summed E-state index contributed by atoms with van der Waals surface area (Å²) < 4.78 is 0. The van der Waals surface area contributed by atoms with Crippen molar-refractivity contribution in [2.45, 2.75) is 31.2 Å². The van der Waals surface area contributed by atoms with Gasteiger partial charge in [-0.15, -0.1) is 0 Å². The lowest BCUT2D eigenvalue weighted by Gasteiger charge is -2.35. The van der Waals surface area contributed by atoms with Crippen molar-refractivity contribution in [3.05, 3.63) is 107 Å². The van der Waals surface area contributed by atoms with Crippen LogP contribution < -0.4 is 0 Å². The Balaban J connectivity index is 1.26. The molecule has 0 amide bonds. The third-order valence-corrected chi connectivity index (χ3v) is 7.63. The molecule has 0 spiro atoms. The Morgan fingerprint density at radius 1 is 0.719 bits per heavy atom. The Morgan fingerprint density at radius 2 is 1.41 bits per heavy atom. The fourth-order valence-electron chi connectivity index (χ4n) is 5.74. The van der Waals surface area contributed by atoms with Crippen LogP contribution in [0.25, 0.3) is 0 Å². The molecule has 166 valence electrons. The van der Waals surface area contributed by atoms with Crippen LogP contribution in [0.3, 0.4) is 0 Å². The highest BCUT2D eigenvalue weighted by Crippen LogP contribution is 2.36. The van der Waals surface area contributed by atoms with Crippen molar-refractivity contribution in [2.24, 2.45) is 5.92 Å². The zero-order valence-corrected chi connectivity index (χ0v) is 19.5. The van der Waals surface area contributed by atoms with Gasteiger partial charge in [0, 0.05) is 37.1 Å². The van der Waals surface area contributed by atoms with Crippen LogP contribution in [0, 0.1) is 5.92 Å². The molecule has 0 radical (unpaired) electrons. The summed E-state index contributed by atoms with van der Waals surface area (Å²) in [6.07, 6.45) is 2.54. The number of halogens is 1. The Labute approximate surface area is 197 Å². The molecule has 3 aromatic rings. The van der Waals surface area contributed by atoms with Crippen molar-refractivity contribution in [1.29, 1.82) is 0 Å². The lowest BCUT2D eigenvalue weighted by molar-refractivity contribution is 0.177. The van der Waals surface area contributed by atoms with Gasteiger partial charge in [-0.25, -0.2) is 0 Å². The number of piperidine rings is 1. The van der Waals surface area contributed by atoms with E-state index in [1.165, 1.54) is 49.2 Å². The highest BCUT2D eigenvalue weighted by atomic mass is 35.5. The molecule has 0 aliphatic carbocycles. The average molecular weight is 445 g/mol. The number of benzene rings is 3. The molecule has 2 heterocycles. The van der Waals surface area contributed by atoms with Gasteiger partial charge in [-0.05, 0) is 66.6 Å². The summed E-state index contributed by atoms with van der Waals surface area (Å²) in [7, 11) is 0. The summed E-state index contributed by atoms with van der Waals surface area (Å²) in [4.78, 5) is 5.36. The summed E-state index contributed by atoms with van der Waals surface area (Å²) in [5, 5.41) is 0.853. The number of hydrogen-bond donors (Lipinski definition) is 0. The second-order valence-electron chi connectivity index (χ2n) is 9.59. The van der Waals surface area contributed by atoms with E-state index in [0.29, 0.717) is 17.8 Å². The monoisotopic (exact) mass is 444 g/mol. The van der Waals surface area contributed by atoms with E-state index in [9.17, 15) is 0 Å². The predicted molar refractivity (Wildman–Crippen MR) is 134 cm³/mol. The molecule has 2 nitrogen and oxygen atoms in total. The molecule has 2 saturated heterocycles. The summed E-state index contributed by atoms with van der Waals surface area (Å²) in [6.45, 7) is 6.90. The molecular weight excluding hydrogens is 412 g/mol. The van der Waals surface area contributed by atoms with E-state index in [1.54, 1.807) is 0 Å². The van der Waals surface area contributed by atoms with Gasteiger partial charge in [0.25, 0.3) is 0 Å². The summed E-state index contributed by atoms with van der Waals surface area (Å²) in [6, 6.07) is 30.5. The maximum Gasteiger partial charge on any atom is 0.0408 e. The first-order valence-electron chi connectivity index (χ1n) is 12.0. The Kier molecular flexibility index (Phi) is 6.92. The average Bonchev–Trinajstić information content (AvgIpc) is 3.23. The number of nitrogens with zero attached hydrogens (tertiary/aromatic N) is 2. The van der Waals surface area contributed by atoms with Crippen LogP contribution in [0.2, 0.25) is 5.02 Å². The van der Waals surface area contributed by atoms with Crippen LogP contribution in [-0.4, -0.2) is 42.5 Å². The molecule has 2 aliphatic rings. The fraction of sp³-hybridized carbons (Fsp3) is 0.379. The quantitative estimate of drug-likeness (QED) is 0.432. The molecule has 5 rings (SSSR count). The first-order chi connectivity index (χ1) is 15.7. The van der Waals surface area contributed by atoms with Crippen LogP contribution in [-0.2, 0) is 6.54 Å². The van der Waals surface area contributed by atoms with Crippen LogP contribution >= 0.6 is 11.6 Å². The zero-order chi connectivity index (χ0) is 21.8. The first kappa shape index (κ1) is 21.7. The number of rotatable bonds is 6. The van der Waals surface area contributed by atoms with Crippen molar-refractivity contribution in [3.8, 4) is 0 Å². The SMILES string of the molecule is Clc1cccc([C@H]2CN(Cc3ccccc3)C[C@@H]2CN2CCC(c3ccccc3)CC2)c1. The van der Waals surface area contributed by atoms with Gasteiger partial charge in [0.15, 0.2) is 0 Å². The molecular formula is C29H33ClN2. The molecule has 32 heavy (non-hydrogen) atoms. The Bertz CT molecular complexity index is 982. The minimum atomic E-state index is 0.546. The molecule has 0 unspecified atom stereocenters. The molecule has 3 heteroatoms. The molecule has 0 aromatic heterocycles. The van der Waals surface area contributed by atoms with E-state index < -0.39 is 0 Å². The van der Waals surface area contributed by atoms with Gasteiger partial charge < -0.3 is 4.90 Å². The van der Waals surface area contributed by atoms with Crippen LogP contribution in [0.5, 0.6) is 0 Å². The third kappa shape index (κ3) is 5.26. The molecule has 0 N–H and O–H groups in total. The van der Waals surface area contributed by atoms with Gasteiger partial charge in [0.1, 0.15) is 0 Å². The largest absolute Gasteiger partial charge is 0.303 e. The van der Waals surface area contributed by atoms with E-state index in [4.69, 9.17) is 11.6 Å². The Hall–Kier alpha value is -2.13. The van der Waals surface area contributed by atoms with Crippen molar-refractivity contribution in [2.75, 3.05) is 32.7 Å². The third-order valence-electron chi connectivity index (χ3n) is 7.39. The highest BCUT2D eigenvalue weighted by molar-refractivity contribution is 6.30. The van der Waals surface area contributed by atoms with E-state index in [1.807, 2.05) is 6.07 Å². The van der Waals surface area contributed by atoms with E-state index in [2.05, 4.69) is 88.7 Å². The van der Waals surface area contributed by atoms with Gasteiger partial charge in [0.05, 0.1) is 0 Å². The topological polar surface area (TPSA) is 6.48 Å². The minimum absolute atomic E-state index is 0.546. The normalized spacial score (nSPS) is 22.9. The van der Waals surface area contributed by atoms with Gasteiger partial charge in [0.2, 0.25) is 0 Å². The highest BCUT2D eigenvalue weighted by Gasteiger charge is 2.35. The van der Waals surface area contributed by atoms with Crippen LogP contribution in [0.15, 0.2) is 84.9 Å². The second kappa shape index (κ2) is 10.2. The maximum atomic E-state index is 6.38. The molecule has 2 aliphatic heterocycles. The van der Waals surface area contributed by atoms with Gasteiger partial charge in [-0.1, -0.05) is 84.4 Å². The number of hydrogen-bond acceptors (Lipinski definition) is 2. The van der Waals surface area contributed by atoms with Crippen molar-refractivity contribution >= 4 is 11.6 Å². The first-order valence-corrected chi connectivity index (χ1v) is 12.4. The van der Waals surface area contributed by atoms with Crippen molar-refractivity contribution < 1.29 is 0 Å². The Morgan fingerprint density at radius 3 is 2.12 bits per heavy atom. The summed E-state index contributed by atoms with van der Waals surface area (Å²) >= 11 is 6.38. The van der Waals surface area contributed by atoms with E-state index >= 15 is 0 Å².